The SMILES string of the molecule is CCCCN(C(=O)/C=C/c1ccccc1)c1ccccc1. The van der Waals surface area contributed by atoms with E-state index >= 15 is 0 Å². The van der Waals surface area contributed by atoms with Crippen molar-refractivity contribution < 1.29 is 4.79 Å². The van der Waals surface area contributed by atoms with Gasteiger partial charge in [-0.05, 0) is 30.2 Å². The van der Waals surface area contributed by atoms with Crippen molar-refractivity contribution in [3.8, 4) is 0 Å². The Morgan fingerprint density at radius 2 is 1.62 bits per heavy atom. The molecule has 0 aromatic heterocycles. The molecule has 0 unspecified atom stereocenters. The van der Waals surface area contributed by atoms with Crippen LogP contribution in [0, 0.1) is 0 Å². The quantitative estimate of drug-likeness (QED) is 0.711. The van der Waals surface area contributed by atoms with Crippen molar-refractivity contribution in [1.29, 1.82) is 0 Å². The highest BCUT2D eigenvalue weighted by Gasteiger charge is 2.11. The van der Waals surface area contributed by atoms with Gasteiger partial charge in [-0.25, -0.2) is 0 Å². The Hall–Kier alpha value is -2.35. The third-order valence-corrected chi connectivity index (χ3v) is 3.29. The average Bonchev–Trinajstić information content (AvgIpc) is 2.55. The zero-order valence-corrected chi connectivity index (χ0v) is 12.4. The Labute approximate surface area is 126 Å². The van der Waals surface area contributed by atoms with Crippen LogP contribution in [0.2, 0.25) is 0 Å². The molecule has 0 atom stereocenters. The first-order valence-electron chi connectivity index (χ1n) is 7.41. The number of benzene rings is 2. The van der Waals surface area contributed by atoms with Gasteiger partial charge in [0.05, 0.1) is 0 Å². The monoisotopic (exact) mass is 279 g/mol. The molecule has 0 radical (unpaired) electrons. The number of hydrogen-bond acceptors (Lipinski definition) is 1. The molecule has 1 amide bonds. The fourth-order valence-corrected chi connectivity index (χ4v) is 2.11. The molecule has 108 valence electrons. The van der Waals surface area contributed by atoms with Crippen molar-refractivity contribution >= 4 is 17.7 Å². The highest BCUT2D eigenvalue weighted by Crippen LogP contribution is 2.15. The second-order valence-electron chi connectivity index (χ2n) is 4.92. The van der Waals surface area contributed by atoms with Crippen molar-refractivity contribution in [2.24, 2.45) is 0 Å². The minimum Gasteiger partial charge on any atom is -0.309 e. The number of amides is 1. The van der Waals surface area contributed by atoms with Crippen molar-refractivity contribution in [1.82, 2.24) is 0 Å². The maximum absolute atomic E-state index is 12.5. The molecule has 0 spiro atoms. The van der Waals surface area contributed by atoms with Gasteiger partial charge in [-0.2, -0.15) is 0 Å². The zero-order valence-electron chi connectivity index (χ0n) is 12.4. The number of para-hydroxylation sites is 1. The second-order valence-corrected chi connectivity index (χ2v) is 4.92. The van der Waals surface area contributed by atoms with Crippen LogP contribution >= 0.6 is 0 Å². The van der Waals surface area contributed by atoms with Crippen molar-refractivity contribution in [3.05, 3.63) is 72.3 Å². The molecule has 0 aliphatic heterocycles. The Balaban J connectivity index is 2.13. The van der Waals surface area contributed by atoms with Crippen LogP contribution in [0.25, 0.3) is 6.08 Å². The van der Waals surface area contributed by atoms with E-state index in [-0.39, 0.29) is 5.91 Å². The summed E-state index contributed by atoms with van der Waals surface area (Å²) in [6.07, 6.45) is 5.58. The zero-order chi connectivity index (χ0) is 14.9. The maximum atomic E-state index is 12.5. The smallest absolute Gasteiger partial charge is 0.250 e. The lowest BCUT2D eigenvalue weighted by Gasteiger charge is -2.21. The van der Waals surface area contributed by atoms with Crippen molar-refractivity contribution in [2.45, 2.75) is 19.8 Å². The molecule has 0 aliphatic rings. The van der Waals surface area contributed by atoms with Crippen LogP contribution in [-0.2, 0) is 4.79 Å². The molecule has 21 heavy (non-hydrogen) atoms. The molecule has 0 saturated heterocycles. The highest BCUT2D eigenvalue weighted by atomic mass is 16.2. The summed E-state index contributed by atoms with van der Waals surface area (Å²) in [5.74, 6) is 0.0264. The number of carbonyl (C=O) groups excluding carboxylic acids is 1. The van der Waals surface area contributed by atoms with Gasteiger partial charge in [-0.15, -0.1) is 0 Å². The fourth-order valence-electron chi connectivity index (χ4n) is 2.11. The number of unbranched alkanes of at least 4 members (excludes halogenated alkanes) is 1. The molecule has 2 aromatic carbocycles. The summed E-state index contributed by atoms with van der Waals surface area (Å²) in [5, 5.41) is 0. The molecule has 2 rings (SSSR count). The van der Waals surface area contributed by atoms with Crippen LogP contribution in [0.1, 0.15) is 25.3 Å². The lowest BCUT2D eigenvalue weighted by molar-refractivity contribution is -0.114. The third kappa shape index (κ3) is 4.60. The summed E-state index contributed by atoms with van der Waals surface area (Å²) < 4.78 is 0. The molecule has 0 heterocycles. The summed E-state index contributed by atoms with van der Waals surface area (Å²) in [7, 11) is 0. The van der Waals surface area contributed by atoms with Crippen molar-refractivity contribution in [2.75, 3.05) is 11.4 Å². The summed E-state index contributed by atoms with van der Waals surface area (Å²) >= 11 is 0. The number of rotatable bonds is 6. The molecular weight excluding hydrogens is 258 g/mol. The fraction of sp³-hybridized carbons (Fsp3) is 0.211. The summed E-state index contributed by atoms with van der Waals surface area (Å²) in [6.45, 7) is 2.88. The van der Waals surface area contributed by atoms with Gasteiger partial charge in [0.15, 0.2) is 0 Å². The van der Waals surface area contributed by atoms with Gasteiger partial charge in [0.25, 0.3) is 5.91 Å². The van der Waals surface area contributed by atoms with E-state index in [0.29, 0.717) is 0 Å². The minimum atomic E-state index is 0.0264. The van der Waals surface area contributed by atoms with Gasteiger partial charge in [-0.1, -0.05) is 61.9 Å². The Bertz CT molecular complexity index is 575. The van der Waals surface area contributed by atoms with E-state index in [1.807, 2.05) is 71.6 Å². The number of hydrogen-bond donors (Lipinski definition) is 0. The third-order valence-electron chi connectivity index (χ3n) is 3.29. The van der Waals surface area contributed by atoms with Crippen LogP contribution in [0.15, 0.2) is 66.7 Å². The van der Waals surface area contributed by atoms with Crippen LogP contribution < -0.4 is 4.90 Å². The molecule has 0 bridgehead atoms. The van der Waals surface area contributed by atoms with E-state index in [0.717, 1.165) is 30.6 Å². The van der Waals surface area contributed by atoms with Crippen LogP contribution in [0.5, 0.6) is 0 Å². The Kier molecular flexibility index (Phi) is 5.77. The molecular formula is C19H21NO. The lowest BCUT2D eigenvalue weighted by atomic mass is 10.2. The number of anilines is 1. The molecule has 0 aliphatic carbocycles. The molecule has 2 nitrogen and oxygen atoms in total. The Morgan fingerprint density at radius 3 is 2.24 bits per heavy atom. The van der Waals surface area contributed by atoms with E-state index in [1.165, 1.54) is 0 Å². The van der Waals surface area contributed by atoms with Crippen LogP contribution in [0.4, 0.5) is 5.69 Å². The van der Waals surface area contributed by atoms with Gasteiger partial charge >= 0.3 is 0 Å². The largest absolute Gasteiger partial charge is 0.309 e. The maximum Gasteiger partial charge on any atom is 0.250 e. The van der Waals surface area contributed by atoms with Gasteiger partial charge < -0.3 is 4.90 Å². The van der Waals surface area contributed by atoms with Crippen LogP contribution in [0.3, 0.4) is 0 Å². The standard InChI is InChI=1S/C19H21NO/c1-2-3-16-20(18-12-8-5-9-13-18)19(21)15-14-17-10-6-4-7-11-17/h4-15H,2-3,16H2,1H3/b15-14+. The summed E-state index contributed by atoms with van der Waals surface area (Å²) in [6, 6.07) is 19.7. The molecule has 2 aromatic rings. The first kappa shape index (κ1) is 15.0. The number of nitrogens with zero attached hydrogens (tertiary/aromatic N) is 1. The highest BCUT2D eigenvalue weighted by molar-refractivity contribution is 6.03. The first-order valence-corrected chi connectivity index (χ1v) is 7.41. The van der Waals surface area contributed by atoms with Crippen LogP contribution in [-0.4, -0.2) is 12.5 Å². The van der Waals surface area contributed by atoms with E-state index in [1.54, 1.807) is 6.08 Å². The van der Waals surface area contributed by atoms with E-state index in [9.17, 15) is 4.79 Å². The molecule has 2 heteroatoms. The predicted octanol–water partition coefficient (Wildman–Crippen LogP) is 4.53. The van der Waals surface area contributed by atoms with Gasteiger partial charge in [-0.3, -0.25) is 4.79 Å². The number of carbonyl (C=O) groups is 1. The van der Waals surface area contributed by atoms with Gasteiger partial charge in [0.1, 0.15) is 0 Å². The molecule has 0 N–H and O–H groups in total. The predicted molar refractivity (Wildman–Crippen MR) is 89.2 cm³/mol. The summed E-state index contributed by atoms with van der Waals surface area (Å²) in [4.78, 5) is 14.3. The van der Waals surface area contributed by atoms with E-state index in [2.05, 4.69) is 6.92 Å². The summed E-state index contributed by atoms with van der Waals surface area (Å²) in [5.41, 5.74) is 1.99. The Morgan fingerprint density at radius 1 is 1.00 bits per heavy atom. The topological polar surface area (TPSA) is 20.3 Å². The van der Waals surface area contributed by atoms with E-state index < -0.39 is 0 Å². The first-order chi connectivity index (χ1) is 10.3. The normalized spacial score (nSPS) is 10.7. The van der Waals surface area contributed by atoms with Gasteiger partial charge in [0.2, 0.25) is 0 Å². The average molecular weight is 279 g/mol. The molecule has 0 saturated carbocycles. The van der Waals surface area contributed by atoms with Crippen molar-refractivity contribution in [3.63, 3.8) is 0 Å². The molecule has 0 fully saturated rings. The van der Waals surface area contributed by atoms with E-state index in [4.69, 9.17) is 0 Å². The van der Waals surface area contributed by atoms with Gasteiger partial charge in [0, 0.05) is 18.3 Å². The lowest BCUT2D eigenvalue weighted by Crippen LogP contribution is -2.30. The minimum absolute atomic E-state index is 0.0264. The second kappa shape index (κ2) is 8.05.